The van der Waals surface area contributed by atoms with Crippen LogP contribution in [0.15, 0.2) is 0 Å². The molecule has 6 atom stereocenters. The fourth-order valence-electron chi connectivity index (χ4n) is 3.19. The first-order chi connectivity index (χ1) is 11.9. The van der Waals surface area contributed by atoms with E-state index in [-0.39, 0.29) is 18.9 Å². The second-order valence-corrected chi connectivity index (χ2v) is 7.76. The molecule has 2 saturated heterocycles. The van der Waals surface area contributed by atoms with Crippen LogP contribution in [0.2, 0.25) is 0 Å². The first-order valence-corrected chi connectivity index (χ1v) is 9.04. The molecule has 12 heteroatoms. The zero-order chi connectivity index (χ0) is 18.3. The van der Waals surface area contributed by atoms with E-state index in [2.05, 4.69) is 28.2 Å². The minimum Gasteiger partial charge on any atom is -0.480 e. The summed E-state index contributed by atoms with van der Waals surface area (Å²) in [6, 6.07) is 0.927. The Morgan fingerprint density at radius 1 is 1.56 bits per heavy atom. The van der Waals surface area contributed by atoms with Crippen molar-refractivity contribution >= 4 is 36.3 Å². The van der Waals surface area contributed by atoms with Crippen molar-refractivity contribution in [1.29, 1.82) is 5.26 Å². The Kier molecular flexibility index (Phi) is 4.90. The monoisotopic (exact) mass is 384 g/mol. The number of carbonyl (C=O) groups excluding carboxylic acids is 1. The maximum Gasteiger partial charge on any atom is 0.327 e. The van der Waals surface area contributed by atoms with E-state index in [1.165, 1.54) is 28.3 Å². The van der Waals surface area contributed by atoms with Crippen molar-refractivity contribution in [3.63, 3.8) is 0 Å². The number of amides is 1. The van der Waals surface area contributed by atoms with Gasteiger partial charge in [0.25, 0.3) is 0 Å². The third kappa shape index (κ3) is 2.86. The van der Waals surface area contributed by atoms with E-state index in [4.69, 9.17) is 5.26 Å². The Hall–Kier alpha value is -1.84. The number of aryl methyl sites for hydroxylation is 1. The zero-order valence-electron chi connectivity index (χ0n) is 13.1. The molecule has 2 aliphatic rings. The lowest BCUT2D eigenvalue weighted by atomic mass is 9.90. The summed E-state index contributed by atoms with van der Waals surface area (Å²) in [4.78, 5) is 25.3. The van der Waals surface area contributed by atoms with Crippen molar-refractivity contribution in [3.8, 4) is 6.07 Å². The zero-order valence-corrected chi connectivity index (χ0v) is 14.8. The summed E-state index contributed by atoms with van der Waals surface area (Å²) in [7, 11) is 0. The molecule has 3 heterocycles. The van der Waals surface area contributed by atoms with Gasteiger partial charge in [0.2, 0.25) is 5.91 Å². The highest BCUT2D eigenvalue weighted by Gasteiger charge is 2.63. The number of hydrogen-bond acceptors (Lipinski definition) is 9. The summed E-state index contributed by atoms with van der Waals surface area (Å²) < 4.78 is 1.42. The van der Waals surface area contributed by atoms with Crippen molar-refractivity contribution in [1.82, 2.24) is 25.1 Å². The van der Waals surface area contributed by atoms with Gasteiger partial charge in [-0.15, -0.1) is 16.9 Å². The minimum absolute atomic E-state index is 0.204. The number of rotatable bonds is 6. The molecule has 1 aromatic rings. The molecule has 1 amide bonds. The molecule has 4 unspecified atom stereocenters. The van der Waals surface area contributed by atoms with Crippen molar-refractivity contribution in [3.05, 3.63) is 5.82 Å². The normalized spacial score (nSPS) is 30.3. The van der Waals surface area contributed by atoms with Crippen LogP contribution in [0, 0.1) is 17.2 Å². The van der Waals surface area contributed by atoms with Crippen LogP contribution in [0.1, 0.15) is 24.4 Å². The molecule has 0 radical (unpaired) electrons. The first kappa shape index (κ1) is 18.0. The van der Waals surface area contributed by atoms with Crippen molar-refractivity contribution < 1.29 is 19.8 Å². The average Bonchev–Trinajstić information content (AvgIpc) is 3.14. The van der Waals surface area contributed by atoms with Gasteiger partial charge in [-0.25, -0.2) is 9.48 Å². The molecule has 3 rings (SSSR count). The van der Waals surface area contributed by atoms with Crippen LogP contribution >= 0.6 is 24.4 Å². The van der Waals surface area contributed by atoms with Crippen LogP contribution in [0.25, 0.3) is 0 Å². The lowest BCUT2D eigenvalue weighted by Crippen LogP contribution is -2.64. The molecule has 0 aromatic carbocycles. The van der Waals surface area contributed by atoms with Gasteiger partial charge >= 0.3 is 5.97 Å². The summed E-state index contributed by atoms with van der Waals surface area (Å²) >= 11 is 5.81. The van der Waals surface area contributed by atoms with Crippen LogP contribution < -0.4 is 0 Å². The number of tetrazole rings is 1. The van der Waals surface area contributed by atoms with E-state index < -0.39 is 39.9 Å². The molecule has 25 heavy (non-hydrogen) atoms. The Balaban J connectivity index is 1.86. The predicted molar refractivity (Wildman–Crippen MR) is 88.4 cm³/mol. The fourth-order valence-corrected chi connectivity index (χ4v) is 5.61. The smallest absolute Gasteiger partial charge is 0.327 e. The highest BCUT2D eigenvalue weighted by atomic mass is 32.2. The van der Waals surface area contributed by atoms with Gasteiger partial charge in [0, 0.05) is 0 Å². The number of aliphatic hydroxyl groups excluding tert-OH is 1. The fraction of sp³-hybridized carbons (Fsp3) is 0.692. The summed E-state index contributed by atoms with van der Waals surface area (Å²) in [5.74, 6) is -1.77. The molecular weight excluding hydrogens is 368 g/mol. The van der Waals surface area contributed by atoms with Gasteiger partial charge in [0.1, 0.15) is 6.04 Å². The number of β-lactam (4-membered cyclic amide) rings is 1. The van der Waals surface area contributed by atoms with E-state index in [1.807, 2.05) is 6.07 Å². The largest absolute Gasteiger partial charge is 0.480 e. The lowest BCUT2D eigenvalue weighted by molar-refractivity contribution is -0.167. The van der Waals surface area contributed by atoms with Crippen LogP contribution in [-0.4, -0.2) is 70.0 Å². The van der Waals surface area contributed by atoms with E-state index >= 15 is 0 Å². The molecule has 0 saturated carbocycles. The van der Waals surface area contributed by atoms with Gasteiger partial charge in [-0.3, -0.25) is 4.79 Å². The number of aliphatic hydroxyl groups is 1. The molecule has 10 nitrogen and oxygen atoms in total. The third-order valence-corrected chi connectivity index (χ3v) is 6.77. The van der Waals surface area contributed by atoms with Gasteiger partial charge in [0.15, 0.2) is 5.82 Å². The number of hydrogen-bond donors (Lipinski definition) is 3. The Morgan fingerprint density at radius 2 is 2.28 bits per heavy atom. The highest BCUT2D eigenvalue weighted by molar-refractivity contribution is 8.01. The van der Waals surface area contributed by atoms with Gasteiger partial charge < -0.3 is 15.1 Å². The Bertz CT molecular complexity index is 734. The topological polar surface area (TPSA) is 145 Å². The number of thioether (sulfide) groups is 1. The Labute approximate surface area is 152 Å². The molecule has 0 aliphatic carbocycles. The van der Waals surface area contributed by atoms with Crippen LogP contribution in [0.5, 0.6) is 0 Å². The van der Waals surface area contributed by atoms with Gasteiger partial charge in [0.05, 0.1) is 46.9 Å². The second-order valence-electron chi connectivity index (χ2n) is 5.90. The molecule has 0 bridgehead atoms. The molecule has 2 fully saturated rings. The van der Waals surface area contributed by atoms with Crippen molar-refractivity contribution in [2.45, 2.75) is 47.9 Å². The summed E-state index contributed by atoms with van der Waals surface area (Å²) in [6.45, 7) is 1.79. The molecule has 134 valence electrons. The minimum atomic E-state index is -1.13. The number of fused-ring (bicyclic) bond motifs is 1. The first-order valence-electron chi connectivity index (χ1n) is 7.58. The molecule has 2 aliphatic heterocycles. The SMILES string of the molecule is C[C@@H](O)[C@H]1C(=O)N2C(C(=O)O)C(C(S)c3nnnn3CCC#N)SC12. The second kappa shape index (κ2) is 6.81. The number of carboxylic acid groups (broad SMARTS) is 1. The highest BCUT2D eigenvalue weighted by Crippen LogP contribution is 2.53. The third-order valence-electron chi connectivity index (χ3n) is 4.37. The quantitative estimate of drug-likeness (QED) is 0.428. The van der Waals surface area contributed by atoms with E-state index in [0.29, 0.717) is 5.82 Å². The number of thiol groups is 1. The maximum absolute atomic E-state index is 12.2. The van der Waals surface area contributed by atoms with Crippen LogP contribution in [0.3, 0.4) is 0 Å². The van der Waals surface area contributed by atoms with Crippen molar-refractivity contribution in [2.24, 2.45) is 5.92 Å². The maximum atomic E-state index is 12.2. The summed E-state index contributed by atoms with van der Waals surface area (Å²) in [5.41, 5.74) is 0. The predicted octanol–water partition coefficient (Wildman–Crippen LogP) is -0.708. The molecule has 0 spiro atoms. The number of nitrogens with zero attached hydrogens (tertiary/aromatic N) is 6. The molecule has 1 aromatic heterocycles. The van der Waals surface area contributed by atoms with Crippen LogP contribution in [0.4, 0.5) is 0 Å². The summed E-state index contributed by atoms with van der Waals surface area (Å²) in [5, 5.41) is 37.7. The lowest BCUT2D eigenvalue weighted by Gasteiger charge is -2.44. The van der Waals surface area contributed by atoms with E-state index in [0.717, 1.165) is 0 Å². The van der Waals surface area contributed by atoms with E-state index in [9.17, 15) is 19.8 Å². The van der Waals surface area contributed by atoms with Gasteiger partial charge in [-0.2, -0.15) is 17.9 Å². The van der Waals surface area contributed by atoms with Crippen molar-refractivity contribution in [2.75, 3.05) is 0 Å². The number of carbonyl (C=O) groups is 2. The number of aliphatic carboxylic acids is 1. The van der Waals surface area contributed by atoms with E-state index in [1.54, 1.807) is 0 Å². The summed E-state index contributed by atoms with van der Waals surface area (Å²) in [6.07, 6.45) is -0.649. The van der Waals surface area contributed by atoms with Gasteiger partial charge in [-0.1, -0.05) is 0 Å². The van der Waals surface area contributed by atoms with Gasteiger partial charge in [-0.05, 0) is 17.4 Å². The number of carboxylic acids is 1. The number of nitriles is 1. The Morgan fingerprint density at radius 3 is 2.88 bits per heavy atom. The number of aromatic nitrogens is 4. The average molecular weight is 384 g/mol. The molecular formula is C13H16N6O4S2. The standard InChI is InChI=1S/C13H16N6O4S2/c1-5(20)6-11(21)19-7(13(22)23)9(25-12(6)19)8(24)10-15-16-17-18(10)4-2-3-14/h5-9,12,20,24H,2,4H2,1H3,(H,22,23)/t5-,6+,7?,8?,9?,12?/m1/s1. The van der Waals surface area contributed by atoms with Crippen LogP contribution in [-0.2, 0) is 16.1 Å². The molecule has 2 N–H and O–H groups in total.